The van der Waals surface area contributed by atoms with Gasteiger partial charge in [-0.25, -0.2) is 14.0 Å². The van der Waals surface area contributed by atoms with Crippen LogP contribution in [0.4, 0.5) is 19.7 Å². The van der Waals surface area contributed by atoms with E-state index in [9.17, 15) is 14.0 Å². The predicted octanol–water partition coefficient (Wildman–Crippen LogP) is 5.48. The molecule has 2 aliphatic rings. The first-order valence-electron chi connectivity index (χ1n) is 10.7. The molecule has 0 bridgehead atoms. The van der Waals surface area contributed by atoms with E-state index in [1.54, 1.807) is 39.0 Å². The zero-order valence-electron chi connectivity index (χ0n) is 18.4. The zero-order valence-corrected chi connectivity index (χ0v) is 18.4. The van der Waals surface area contributed by atoms with E-state index in [0.717, 1.165) is 5.56 Å². The van der Waals surface area contributed by atoms with Crippen molar-refractivity contribution in [3.63, 3.8) is 0 Å². The van der Waals surface area contributed by atoms with Gasteiger partial charge in [-0.15, -0.1) is 0 Å². The molecule has 0 unspecified atom stereocenters. The van der Waals surface area contributed by atoms with E-state index in [1.807, 2.05) is 12.1 Å². The maximum atomic E-state index is 15.0. The molecule has 0 spiro atoms. The van der Waals surface area contributed by atoms with Gasteiger partial charge >= 0.3 is 12.2 Å². The molecule has 1 heterocycles. The Kier molecular flexibility index (Phi) is 5.95. The summed E-state index contributed by atoms with van der Waals surface area (Å²) in [6.07, 6.45) is 1.07. The average molecular weight is 442 g/mol. The molecule has 1 N–H and O–H groups in total. The lowest BCUT2D eigenvalue weighted by molar-refractivity contribution is 0.0635. The van der Waals surface area contributed by atoms with Crippen LogP contribution in [0.15, 0.2) is 36.4 Å². The monoisotopic (exact) mass is 442 g/mol. The minimum absolute atomic E-state index is 0.00607. The molecule has 1 fully saturated rings. The third kappa shape index (κ3) is 5.49. The van der Waals surface area contributed by atoms with Gasteiger partial charge < -0.3 is 14.2 Å². The number of carbonyl (C=O) groups excluding carboxylic acids is 2. The van der Waals surface area contributed by atoms with Crippen molar-refractivity contribution in [2.75, 3.05) is 11.9 Å². The van der Waals surface area contributed by atoms with Gasteiger partial charge in [0.2, 0.25) is 0 Å². The molecule has 8 heteroatoms. The molecule has 32 heavy (non-hydrogen) atoms. The van der Waals surface area contributed by atoms with Crippen LogP contribution in [0.5, 0.6) is 11.5 Å². The lowest BCUT2D eigenvalue weighted by Gasteiger charge is -2.28. The SMILES string of the molecule is CC(C)(C)OC(=O)Nc1cccc(CN2Cc3ccc(OCC4CC4)cc3OC2=O)c1F. The van der Waals surface area contributed by atoms with Gasteiger partial charge in [0.25, 0.3) is 0 Å². The number of fused-ring (bicyclic) bond motifs is 1. The van der Waals surface area contributed by atoms with Crippen LogP contribution in [-0.4, -0.2) is 29.3 Å². The maximum absolute atomic E-state index is 15.0. The van der Waals surface area contributed by atoms with E-state index < -0.39 is 23.6 Å². The molecule has 2 amide bonds. The summed E-state index contributed by atoms with van der Waals surface area (Å²) in [5.41, 5.74) is 0.349. The van der Waals surface area contributed by atoms with Gasteiger partial charge in [-0.05, 0) is 57.7 Å². The van der Waals surface area contributed by atoms with E-state index in [4.69, 9.17) is 14.2 Å². The summed E-state index contributed by atoms with van der Waals surface area (Å²) in [7, 11) is 0. The van der Waals surface area contributed by atoms with Crippen molar-refractivity contribution in [3.05, 3.63) is 53.3 Å². The average Bonchev–Trinajstić information content (AvgIpc) is 3.53. The van der Waals surface area contributed by atoms with Crippen LogP contribution in [0.1, 0.15) is 44.7 Å². The first kappa shape index (κ1) is 21.9. The molecule has 1 aliphatic heterocycles. The Morgan fingerprint density at radius 3 is 2.75 bits per heavy atom. The van der Waals surface area contributed by atoms with Gasteiger partial charge in [0, 0.05) is 17.2 Å². The summed E-state index contributed by atoms with van der Waals surface area (Å²) in [6.45, 7) is 6.12. The minimum atomic E-state index is -0.750. The van der Waals surface area contributed by atoms with Gasteiger partial charge in [-0.2, -0.15) is 0 Å². The van der Waals surface area contributed by atoms with Crippen molar-refractivity contribution in [3.8, 4) is 11.5 Å². The number of hydrogen-bond donors (Lipinski definition) is 1. The van der Waals surface area contributed by atoms with Crippen LogP contribution in [0.2, 0.25) is 0 Å². The molecule has 0 saturated heterocycles. The van der Waals surface area contributed by atoms with E-state index in [-0.39, 0.29) is 24.3 Å². The molecule has 2 aromatic rings. The summed E-state index contributed by atoms with van der Waals surface area (Å²) in [6, 6.07) is 10.0. The molecule has 7 nitrogen and oxygen atoms in total. The number of carbonyl (C=O) groups is 2. The number of amides is 2. The van der Waals surface area contributed by atoms with Crippen molar-refractivity contribution in [2.45, 2.75) is 52.3 Å². The number of halogens is 1. The summed E-state index contributed by atoms with van der Waals surface area (Å²) >= 11 is 0. The zero-order chi connectivity index (χ0) is 22.9. The van der Waals surface area contributed by atoms with Crippen molar-refractivity contribution in [2.24, 2.45) is 5.92 Å². The Morgan fingerprint density at radius 2 is 2.03 bits per heavy atom. The van der Waals surface area contributed by atoms with Gasteiger partial charge in [0.15, 0.2) is 5.82 Å². The van der Waals surface area contributed by atoms with Crippen molar-refractivity contribution < 1.29 is 28.2 Å². The quantitative estimate of drug-likeness (QED) is 0.641. The predicted molar refractivity (Wildman–Crippen MR) is 116 cm³/mol. The first-order chi connectivity index (χ1) is 15.2. The Balaban J connectivity index is 1.43. The molecule has 0 atom stereocenters. The van der Waals surface area contributed by atoms with E-state index in [1.165, 1.54) is 23.8 Å². The highest BCUT2D eigenvalue weighted by Gasteiger charge is 2.27. The number of nitrogens with one attached hydrogen (secondary N) is 1. The highest BCUT2D eigenvalue weighted by atomic mass is 19.1. The van der Waals surface area contributed by atoms with Crippen LogP contribution < -0.4 is 14.8 Å². The van der Waals surface area contributed by atoms with Crippen molar-refractivity contribution in [1.29, 1.82) is 0 Å². The Bertz CT molecular complexity index is 1030. The van der Waals surface area contributed by atoms with Crippen LogP contribution in [0.25, 0.3) is 0 Å². The van der Waals surface area contributed by atoms with Gasteiger partial charge in [0.1, 0.15) is 17.1 Å². The second-order valence-electron chi connectivity index (χ2n) is 9.15. The highest BCUT2D eigenvalue weighted by Crippen LogP contribution is 2.33. The Hall–Kier alpha value is -3.29. The summed E-state index contributed by atoms with van der Waals surface area (Å²) in [5, 5.41) is 2.42. The second-order valence-corrected chi connectivity index (χ2v) is 9.15. The van der Waals surface area contributed by atoms with Gasteiger partial charge in [0.05, 0.1) is 25.4 Å². The van der Waals surface area contributed by atoms with E-state index in [2.05, 4.69) is 5.32 Å². The van der Waals surface area contributed by atoms with Crippen molar-refractivity contribution in [1.82, 2.24) is 4.90 Å². The molecule has 2 aromatic carbocycles. The molecule has 0 aromatic heterocycles. The maximum Gasteiger partial charge on any atom is 0.415 e. The Morgan fingerprint density at radius 1 is 1.25 bits per heavy atom. The topological polar surface area (TPSA) is 77.1 Å². The molecular weight excluding hydrogens is 415 g/mol. The molecule has 170 valence electrons. The lowest BCUT2D eigenvalue weighted by Crippen LogP contribution is -2.36. The number of ether oxygens (including phenoxy) is 3. The third-order valence-electron chi connectivity index (χ3n) is 5.11. The summed E-state index contributed by atoms with van der Waals surface area (Å²) in [5.74, 6) is 1.13. The van der Waals surface area contributed by atoms with E-state index >= 15 is 0 Å². The summed E-state index contributed by atoms with van der Waals surface area (Å²) < 4.78 is 31.4. The third-order valence-corrected chi connectivity index (χ3v) is 5.11. The first-order valence-corrected chi connectivity index (χ1v) is 10.7. The van der Waals surface area contributed by atoms with Crippen LogP contribution in [0, 0.1) is 11.7 Å². The number of benzene rings is 2. The number of anilines is 1. The molecular formula is C24H27FN2O5. The van der Waals surface area contributed by atoms with E-state index in [0.29, 0.717) is 24.0 Å². The molecule has 1 saturated carbocycles. The van der Waals surface area contributed by atoms with Gasteiger partial charge in [-0.1, -0.05) is 12.1 Å². The van der Waals surface area contributed by atoms with Crippen molar-refractivity contribution >= 4 is 17.9 Å². The Labute approximate surface area is 186 Å². The molecule has 4 rings (SSSR count). The minimum Gasteiger partial charge on any atom is -0.493 e. The second kappa shape index (κ2) is 8.68. The summed E-state index contributed by atoms with van der Waals surface area (Å²) in [4.78, 5) is 25.9. The van der Waals surface area contributed by atoms with Crippen LogP contribution >= 0.6 is 0 Å². The number of hydrogen-bond acceptors (Lipinski definition) is 5. The standard InChI is InChI=1S/C24H27FN2O5/c1-24(2,3)32-22(28)26-19-6-4-5-17(21(19)25)13-27-12-16-9-10-18(30-14-15-7-8-15)11-20(16)31-23(27)29/h4-6,9-11,15H,7-8,12-14H2,1-3H3,(H,26,28). The number of rotatable bonds is 6. The van der Waals surface area contributed by atoms with Crippen LogP contribution in [0.3, 0.4) is 0 Å². The smallest absolute Gasteiger partial charge is 0.415 e. The highest BCUT2D eigenvalue weighted by molar-refractivity contribution is 5.85. The molecule has 1 aliphatic carbocycles. The largest absolute Gasteiger partial charge is 0.493 e. The van der Waals surface area contributed by atoms with Crippen LogP contribution in [-0.2, 0) is 17.8 Å². The normalized spacial score (nSPS) is 15.6. The fourth-order valence-corrected chi connectivity index (χ4v) is 3.32. The number of nitrogens with zero attached hydrogens (tertiary/aromatic N) is 1. The molecule has 0 radical (unpaired) electrons. The fraction of sp³-hybridized carbons (Fsp3) is 0.417. The fourth-order valence-electron chi connectivity index (χ4n) is 3.32. The lowest BCUT2D eigenvalue weighted by atomic mass is 10.1. The van der Waals surface area contributed by atoms with Gasteiger partial charge in [-0.3, -0.25) is 10.2 Å².